The highest BCUT2D eigenvalue weighted by Crippen LogP contribution is 2.32. The minimum Gasteiger partial charge on any atom is -0.457 e. The number of aromatic nitrogens is 6. The molecule has 43 heavy (non-hydrogen) atoms. The molecule has 0 atom stereocenters. The molecule has 5 aromatic rings. The molecule has 0 radical (unpaired) electrons. The Morgan fingerprint density at radius 2 is 1.93 bits per heavy atom. The van der Waals surface area contributed by atoms with E-state index in [1.807, 2.05) is 56.0 Å². The van der Waals surface area contributed by atoms with Gasteiger partial charge in [0.25, 0.3) is 0 Å². The molecule has 0 aliphatic carbocycles. The highest BCUT2D eigenvalue weighted by molar-refractivity contribution is 5.89. The van der Waals surface area contributed by atoms with Crippen molar-refractivity contribution in [3.05, 3.63) is 73.1 Å². The lowest BCUT2D eigenvalue weighted by Crippen LogP contribution is -2.61. The zero-order valence-electron chi connectivity index (χ0n) is 23.8. The van der Waals surface area contributed by atoms with Crippen LogP contribution < -0.4 is 15.0 Å². The minimum atomic E-state index is -2.77. The molecule has 1 aliphatic heterocycles. The molecule has 220 valence electrons. The number of halogens is 2. The van der Waals surface area contributed by atoms with E-state index < -0.39 is 12.1 Å². The summed E-state index contributed by atoms with van der Waals surface area (Å²) in [5, 5.41) is 10.7. The molecular weight excluding hydrogens is 556 g/mol. The summed E-state index contributed by atoms with van der Waals surface area (Å²) in [6, 6.07) is 14.1. The number of rotatable bonds is 7. The van der Waals surface area contributed by atoms with Crippen molar-refractivity contribution in [2.24, 2.45) is 0 Å². The number of aryl methyl sites for hydroxylation is 1. The second kappa shape index (κ2) is 10.9. The van der Waals surface area contributed by atoms with Crippen LogP contribution in [-0.4, -0.2) is 65.9 Å². The monoisotopic (exact) mass is 585 g/mol. The van der Waals surface area contributed by atoms with Crippen LogP contribution >= 0.6 is 0 Å². The second-order valence-electron chi connectivity index (χ2n) is 10.9. The van der Waals surface area contributed by atoms with Crippen LogP contribution in [0.2, 0.25) is 0 Å². The number of amides is 1. The average Bonchev–Trinajstić information content (AvgIpc) is 3.41. The van der Waals surface area contributed by atoms with Crippen molar-refractivity contribution in [3.8, 4) is 11.5 Å². The van der Waals surface area contributed by atoms with Gasteiger partial charge in [0.15, 0.2) is 5.82 Å². The highest BCUT2D eigenvalue weighted by Gasteiger charge is 2.36. The molecule has 0 bridgehead atoms. The van der Waals surface area contributed by atoms with Gasteiger partial charge >= 0.3 is 6.55 Å². The van der Waals surface area contributed by atoms with Gasteiger partial charge in [-0.15, -0.1) is 5.10 Å². The Bertz CT molecular complexity index is 1860. The van der Waals surface area contributed by atoms with E-state index >= 15 is 0 Å². The first-order valence-electron chi connectivity index (χ1n) is 13.6. The molecule has 1 saturated heterocycles. The summed E-state index contributed by atoms with van der Waals surface area (Å²) in [6.07, 6.45) is 2.84. The molecule has 11 nitrogen and oxygen atoms in total. The van der Waals surface area contributed by atoms with Crippen molar-refractivity contribution in [3.63, 3.8) is 0 Å². The van der Waals surface area contributed by atoms with Gasteiger partial charge in [0.05, 0.1) is 16.6 Å². The quantitative estimate of drug-likeness (QED) is 0.243. The van der Waals surface area contributed by atoms with Crippen molar-refractivity contribution >= 4 is 45.3 Å². The van der Waals surface area contributed by atoms with Crippen LogP contribution in [0.3, 0.4) is 0 Å². The largest absolute Gasteiger partial charge is 0.457 e. The normalized spacial score (nSPS) is 14.8. The van der Waals surface area contributed by atoms with Crippen LogP contribution in [0, 0.1) is 6.92 Å². The number of pyridine rings is 1. The second-order valence-corrected chi connectivity index (χ2v) is 10.9. The third-order valence-corrected chi connectivity index (χ3v) is 7.43. The van der Waals surface area contributed by atoms with Gasteiger partial charge in [-0.25, -0.2) is 15.0 Å². The van der Waals surface area contributed by atoms with Gasteiger partial charge in [0.1, 0.15) is 34.7 Å². The molecule has 3 aromatic heterocycles. The zero-order chi connectivity index (χ0) is 30.3. The van der Waals surface area contributed by atoms with Gasteiger partial charge < -0.3 is 19.9 Å². The van der Waals surface area contributed by atoms with E-state index in [9.17, 15) is 13.6 Å². The third kappa shape index (κ3) is 5.41. The number of fused-ring (bicyclic) bond motifs is 2. The Kier molecular flexibility index (Phi) is 7.08. The number of hydrogen-bond donors (Lipinski definition) is 1. The molecule has 0 saturated carbocycles. The van der Waals surface area contributed by atoms with Crippen molar-refractivity contribution in [2.75, 3.05) is 29.9 Å². The summed E-state index contributed by atoms with van der Waals surface area (Å²) in [6.45, 7) is 8.63. The predicted molar refractivity (Wildman–Crippen MR) is 159 cm³/mol. The van der Waals surface area contributed by atoms with E-state index in [0.717, 1.165) is 17.1 Å². The van der Waals surface area contributed by atoms with Gasteiger partial charge in [-0.3, -0.25) is 4.79 Å². The maximum Gasteiger partial charge on any atom is 0.335 e. The smallest absolute Gasteiger partial charge is 0.335 e. The Morgan fingerprint density at radius 3 is 2.67 bits per heavy atom. The van der Waals surface area contributed by atoms with E-state index in [1.165, 1.54) is 18.5 Å². The molecule has 13 heteroatoms. The Labute approximate surface area is 245 Å². The number of nitrogens with one attached hydrogen (secondary N) is 1. The summed E-state index contributed by atoms with van der Waals surface area (Å²) in [4.78, 5) is 30.1. The third-order valence-electron chi connectivity index (χ3n) is 7.43. The summed E-state index contributed by atoms with van der Waals surface area (Å²) in [5.41, 5.74) is 3.05. The number of benzene rings is 2. The summed E-state index contributed by atoms with van der Waals surface area (Å²) >= 11 is 0. The molecule has 2 aromatic carbocycles. The number of ether oxygens (including phenoxy) is 1. The first kappa shape index (κ1) is 27.9. The first-order chi connectivity index (χ1) is 20.6. The fraction of sp³-hybridized carbons (Fsp3) is 0.267. The molecular formula is C30H29F2N9O2. The number of anilines is 3. The van der Waals surface area contributed by atoms with Crippen LogP contribution in [0.15, 0.2) is 67.5 Å². The molecule has 1 fully saturated rings. The molecule has 0 unspecified atom stereocenters. The van der Waals surface area contributed by atoms with E-state index in [-0.39, 0.29) is 11.4 Å². The van der Waals surface area contributed by atoms with Crippen LogP contribution in [0.5, 0.6) is 11.5 Å². The fourth-order valence-electron chi connectivity index (χ4n) is 5.30. The number of alkyl halides is 2. The summed E-state index contributed by atoms with van der Waals surface area (Å²) in [7, 11) is 0. The van der Waals surface area contributed by atoms with Crippen LogP contribution in [0.1, 0.15) is 26.0 Å². The van der Waals surface area contributed by atoms with Gasteiger partial charge in [-0.2, -0.15) is 13.5 Å². The Balaban J connectivity index is 1.21. The maximum absolute atomic E-state index is 13.1. The fourth-order valence-corrected chi connectivity index (χ4v) is 5.30. The zero-order valence-corrected chi connectivity index (χ0v) is 23.8. The average molecular weight is 586 g/mol. The number of carbonyl (C=O) groups excluding carboxylic acids is 1. The van der Waals surface area contributed by atoms with Gasteiger partial charge in [0.2, 0.25) is 5.91 Å². The first-order valence-corrected chi connectivity index (χ1v) is 13.6. The van der Waals surface area contributed by atoms with Crippen molar-refractivity contribution in [2.45, 2.75) is 32.9 Å². The predicted octanol–water partition coefficient (Wildman–Crippen LogP) is 5.62. The molecule has 1 aliphatic rings. The van der Waals surface area contributed by atoms with Crippen LogP contribution in [-0.2, 0) is 4.79 Å². The number of nitrogens with zero attached hydrogens (tertiary/aromatic N) is 8. The maximum atomic E-state index is 13.1. The summed E-state index contributed by atoms with van der Waals surface area (Å²) in [5.74, 6) is 2.29. The lowest BCUT2D eigenvalue weighted by atomic mass is 9.98. The van der Waals surface area contributed by atoms with E-state index in [4.69, 9.17) is 9.72 Å². The van der Waals surface area contributed by atoms with Gasteiger partial charge in [-0.1, -0.05) is 11.8 Å². The van der Waals surface area contributed by atoms with Crippen molar-refractivity contribution in [1.82, 2.24) is 34.8 Å². The molecule has 6 rings (SSSR count). The topological polar surface area (TPSA) is 114 Å². The SMILES string of the molecule is C=CC(=O)N1CCN(c2ccc3ncnc(Nc4ccc(Oc5ccc6c(c5)nnn6C(F)F)c(C)c4)c3n2)CC1(C)C. The van der Waals surface area contributed by atoms with Crippen LogP contribution in [0.25, 0.3) is 22.1 Å². The van der Waals surface area contributed by atoms with E-state index in [1.54, 1.807) is 12.1 Å². The highest BCUT2D eigenvalue weighted by atomic mass is 19.3. The Morgan fingerprint density at radius 1 is 1.09 bits per heavy atom. The van der Waals surface area contributed by atoms with E-state index in [2.05, 4.69) is 37.1 Å². The lowest BCUT2D eigenvalue weighted by Gasteiger charge is -2.47. The summed E-state index contributed by atoms with van der Waals surface area (Å²) < 4.78 is 32.8. The standard InChI is InChI=1S/C30H29F2N9O2/c1-5-26(42)40-13-12-39(16-30(40,3)4)25-11-8-21-27(36-25)28(34-17-33-21)35-19-6-10-24(18(2)14-19)43-20-7-9-23-22(15-20)37-38-41(23)29(31)32/h5-11,14-15,17,29H,1,12-13,16H2,2-4H3,(H,33,34,35). The molecule has 4 heterocycles. The number of piperazine rings is 1. The van der Waals surface area contributed by atoms with Gasteiger partial charge in [0, 0.05) is 31.4 Å². The van der Waals surface area contributed by atoms with Crippen molar-refractivity contribution in [1.29, 1.82) is 0 Å². The molecule has 1 amide bonds. The minimum absolute atomic E-state index is 0.0809. The lowest BCUT2D eigenvalue weighted by molar-refractivity contribution is -0.131. The number of hydrogen-bond acceptors (Lipinski definition) is 9. The van der Waals surface area contributed by atoms with Gasteiger partial charge in [-0.05, 0) is 74.9 Å². The molecule has 1 N–H and O–H groups in total. The number of carbonyl (C=O) groups is 1. The molecule has 0 spiro atoms. The Hall–Kier alpha value is -5.20. The van der Waals surface area contributed by atoms with Crippen molar-refractivity contribution < 1.29 is 18.3 Å². The van der Waals surface area contributed by atoms with E-state index in [0.29, 0.717) is 58.2 Å². The van der Waals surface area contributed by atoms with Crippen LogP contribution in [0.4, 0.5) is 26.1 Å².